The van der Waals surface area contributed by atoms with Crippen LogP contribution in [-0.2, 0) is 5.41 Å². The van der Waals surface area contributed by atoms with Crippen molar-refractivity contribution in [2.24, 2.45) is 0 Å². The lowest BCUT2D eigenvalue weighted by Crippen LogP contribution is -2.16. The first-order valence-electron chi connectivity index (χ1n) is 10.8. The zero-order valence-electron chi connectivity index (χ0n) is 20.0. The predicted octanol–water partition coefficient (Wildman–Crippen LogP) is 7.09. The molecule has 0 aliphatic rings. The number of hydrogen-bond donors (Lipinski definition) is 1. The highest BCUT2D eigenvalue weighted by Gasteiger charge is 2.22. The van der Waals surface area contributed by atoms with Crippen molar-refractivity contribution >= 4 is 50.8 Å². The number of carbonyl (C=O) groups is 1. The van der Waals surface area contributed by atoms with Crippen LogP contribution in [0, 0.1) is 0 Å². The summed E-state index contributed by atoms with van der Waals surface area (Å²) in [4.78, 5) is 23.0. The number of halogens is 2. The van der Waals surface area contributed by atoms with Crippen molar-refractivity contribution in [2.45, 2.75) is 39.7 Å². The van der Waals surface area contributed by atoms with E-state index in [-0.39, 0.29) is 22.8 Å². The quantitative estimate of drug-likeness (QED) is 0.246. The summed E-state index contributed by atoms with van der Waals surface area (Å²) >= 11 is 2.73. The Kier molecular flexibility index (Phi) is 7.23. The highest BCUT2D eigenvalue weighted by atomic mass is 32.1. The monoisotopic (exact) mass is 530 g/mol. The lowest BCUT2D eigenvalue weighted by molar-refractivity contribution is -0.0511. The zero-order valence-corrected chi connectivity index (χ0v) is 21.7. The second kappa shape index (κ2) is 10.2. The number of fused-ring (bicyclic) bond motifs is 1. The van der Waals surface area contributed by atoms with Gasteiger partial charge in [-0.1, -0.05) is 39.5 Å². The van der Waals surface area contributed by atoms with Crippen LogP contribution in [0.5, 0.6) is 11.5 Å². The molecule has 188 valence electrons. The summed E-state index contributed by atoms with van der Waals surface area (Å²) < 4.78 is 37.7. The van der Waals surface area contributed by atoms with Crippen LogP contribution in [0.1, 0.15) is 55.1 Å². The Morgan fingerprint density at radius 1 is 1.22 bits per heavy atom. The number of amides is 1. The van der Waals surface area contributed by atoms with Crippen molar-refractivity contribution in [1.82, 2.24) is 14.4 Å². The number of para-hydroxylation sites is 1. The molecule has 0 bridgehead atoms. The van der Waals surface area contributed by atoms with E-state index in [2.05, 4.69) is 47.4 Å². The lowest BCUT2D eigenvalue weighted by Gasteiger charge is -2.14. The number of aromatic nitrogens is 3. The SMILES string of the molecule is C=C(C)Oc1c(/C=C/c2nc3sccn3c2C(=O)Nc2nc(C(C)(C)C)cs2)cccc1OC(F)F. The lowest BCUT2D eigenvalue weighted by atomic mass is 9.93. The van der Waals surface area contributed by atoms with Crippen molar-refractivity contribution in [3.8, 4) is 11.5 Å². The van der Waals surface area contributed by atoms with Gasteiger partial charge in [-0.25, -0.2) is 9.97 Å². The van der Waals surface area contributed by atoms with Crippen LogP contribution in [0.25, 0.3) is 17.1 Å². The van der Waals surface area contributed by atoms with Gasteiger partial charge in [-0.2, -0.15) is 8.78 Å². The summed E-state index contributed by atoms with van der Waals surface area (Å²) in [5, 5.41) is 7.10. The molecule has 4 aromatic rings. The molecule has 0 unspecified atom stereocenters. The summed E-state index contributed by atoms with van der Waals surface area (Å²) in [5.74, 6) is -0.109. The summed E-state index contributed by atoms with van der Waals surface area (Å²) in [6.07, 6.45) is 5.01. The summed E-state index contributed by atoms with van der Waals surface area (Å²) in [6, 6.07) is 4.62. The molecule has 0 radical (unpaired) electrons. The summed E-state index contributed by atoms with van der Waals surface area (Å²) in [6.45, 7) is 8.42. The van der Waals surface area contributed by atoms with Gasteiger partial charge in [0.2, 0.25) is 0 Å². The molecule has 7 nitrogen and oxygen atoms in total. The van der Waals surface area contributed by atoms with Crippen molar-refractivity contribution < 1.29 is 23.0 Å². The van der Waals surface area contributed by atoms with Gasteiger partial charge in [-0.3, -0.25) is 14.5 Å². The number of allylic oxidation sites excluding steroid dienone is 1. The van der Waals surface area contributed by atoms with Crippen LogP contribution < -0.4 is 14.8 Å². The zero-order chi connectivity index (χ0) is 26.0. The first-order valence-corrected chi connectivity index (χ1v) is 12.6. The van der Waals surface area contributed by atoms with Crippen molar-refractivity contribution in [3.05, 3.63) is 70.1 Å². The number of hydrogen-bond acceptors (Lipinski definition) is 7. The van der Waals surface area contributed by atoms with Gasteiger partial charge in [0.05, 0.1) is 17.1 Å². The molecule has 4 rings (SSSR count). The molecule has 0 spiro atoms. The fourth-order valence-corrected chi connectivity index (χ4v) is 4.93. The van der Waals surface area contributed by atoms with E-state index in [0.717, 1.165) is 5.69 Å². The van der Waals surface area contributed by atoms with Gasteiger partial charge in [0, 0.05) is 27.9 Å². The average molecular weight is 531 g/mol. The Hall–Kier alpha value is -3.57. The molecule has 0 saturated heterocycles. The third-order valence-electron chi connectivity index (χ3n) is 4.92. The number of imidazole rings is 1. The maximum absolute atomic E-state index is 13.3. The Labute approximate surface area is 214 Å². The molecule has 3 aromatic heterocycles. The molecule has 0 fully saturated rings. The molecule has 3 heterocycles. The number of rotatable bonds is 8. The second-order valence-electron chi connectivity index (χ2n) is 8.83. The molecular formula is C25H24F2N4O3S2. The number of alkyl halides is 2. The second-order valence-corrected chi connectivity index (χ2v) is 10.6. The number of nitrogens with one attached hydrogen (secondary N) is 1. The number of benzene rings is 1. The van der Waals surface area contributed by atoms with E-state index in [0.29, 0.717) is 32.8 Å². The number of anilines is 1. The molecule has 0 saturated carbocycles. The number of ether oxygens (including phenoxy) is 2. The minimum absolute atomic E-state index is 0.0890. The van der Waals surface area contributed by atoms with Gasteiger partial charge in [0.25, 0.3) is 5.91 Å². The molecule has 0 aliphatic carbocycles. The van der Waals surface area contributed by atoms with Crippen LogP contribution in [0.4, 0.5) is 13.9 Å². The smallest absolute Gasteiger partial charge is 0.387 e. The maximum Gasteiger partial charge on any atom is 0.387 e. The number of nitrogens with zero attached hydrogens (tertiary/aromatic N) is 3. The van der Waals surface area contributed by atoms with Crippen LogP contribution in [0.15, 0.2) is 47.5 Å². The minimum atomic E-state index is -3.02. The molecular weight excluding hydrogens is 506 g/mol. The van der Waals surface area contributed by atoms with E-state index in [4.69, 9.17) is 4.74 Å². The fraction of sp³-hybridized carbons (Fsp3) is 0.240. The summed E-state index contributed by atoms with van der Waals surface area (Å²) in [5.41, 5.74) is 1.91. The molecule has 36 heavy (non-hydrogen) atoms. The number of thiazole rings is 2. The van der Waals surface area contributed by atoms with E-state index < -0.39 is 6.61 Å². The molecule has 0 aliphatic heterocycles. The van der Waals surface area contributed by atoms with Crippen LogP contribution >= 0.6 is 22.7 Å². The summed E-state index contributed by atoms with van der Waals surface area (Å²) in [7, 11) is 0. The third kappa shape index (κ3) is 5.63. The first-order chi connectivity index (χ1) is 17.0. The van der Waals surface area contributed by atoms with Crippen molar-refractivity contribution in [1.29, 1.82) is 0 Å². The molecule has 1 N–H and O–H groups in total. The van der Waals surface area contributed by atoms with Gasteiger partial charge in [-0.15, -0.1) is 22.7 Å². The van der Waals surface area contributed by atoms with E-state index in [1.165, 1.54) is 28.7 Å². The van der Waals surface area contributed by atoms with Crippen molar-refractivity contribution in [3.63, 3.8) is 0 Å². The van der Waals surface area contributed by atoms with Crippen LogP contribution in [-0.4, -0.2) is 26.9 Å². The van der Waals surface area contributed by atoms with Gasteiger partial charge < -0.3 is 9.47 Å². The molecule has 11 heteroatoms. The molecule has 1 amide bonds. The minimum Gasteiger partial charge on any atom is -0.458 e. The third-order valence-corrected chi connectivity index (χ3v) is 6.43. The maximum atomic E-state index is 13.3. The standard InChI is InChI=1S/C25H24F2N4O3S2/c1-14(2)33-20-15(7-6-8-17(20)34-22(26)27)9-10-16-19(31-11-12-35-24(31)28-16)21(32)30-23-29-18(13-36-23)25(3,4)5/h6-13,22H,1H2,2-5H3,(H,29,30,32)/b10-9+. The van der Waals surface area contributed by atoms with Gasteiger partial charge in [0.15, 0.2) is 21.6 Å². The molecule has 0 atom stereocenters. The fourth-order valence-electron chi connectivity index (χ4n) is 3.28. The van der Waals surface area contributed by atoms with E-state index in [1.807, 2.05) is 10.8 Å². The van der Waals surface area contributed by atoms with E-state index in [1.54, 1.807) is 41.8 Å². The van der Waals surface area contributed by atoms with E-state index >= 15 is 0 Å². The van der Waals surface area contributed by atoms with E-state index in [9.17, 15) is 13.6 Å². The number of carbonyl (C=O) groups excluding carboxylic acids is 1. The van der Waals surface area contributed by atoms with Gasteiger partial charge in [-0.05, 0) is 25.1 Å². The molecule has 1 aromatic carbocycles. The Morgan fingerprint density at radius 2 is 2.00 bits per heavy atom. The topological polar surface area (TPSA) is 77.8 Å². The Balaban J connectivity index is 1.69. The highest BCUT2D eigenvalue weighted by molar-refractivity contribution is 7.15. The Bertz CT molecular complexity index is 1450. The van der Waals surface area contributed by atoms with Gasteiger partial charge in [0.1, 0.15) is 5.69 Å². The van der Waals surface area contributed by atoms with Crippen molar-refractivity contribution in [2.75, 3.05) is 5.32 Å². The predicted molar refractivity (Wildman–Crippen MR) is 139 cm³/mol. The Morgan fingerprint density at radius 3 is 2.67 bits per heavy atom. The largest absolute Gasteiger partial charge is 0.458 e. The average Bonchev–Trinajstić information content (AvgIpc) is 3.48. The van der Waals surface area contributed by atoms with Gasteiger partial charge >= 0.3 is 6.61 Å². The normalized spacial score (nSPS) is 12.0. The van der Waals surface area contributed by atoms with Crippen LogP contribution in [0.3, 0.4) is 0 Å². The first kappa shape index (κ1) is 25.5. The van der Waals surface area contributed by atoms with Crippen LogP contribution in [0.2, 0.25) is 0 Å². The highest BCUT2D eigenvalue weighted by Crippen LogP contribution is 2.35.